The standard InChI is InChI=1S/C35H29FN4O3S2/c1-22-8-6-7-11-26(22)20-30(38-33(42)25-9-4-3-5-10-25)34(43)37-28-16-18-29(19-17-28)45-23(2)32(41)40-35-39-31(21-44-35)24-12-14-27(36)15-13-24/h3-21,23H,1-2H3,(H,37,43)(H,38,42)(H,39,40,41)/b30-20-. The van der Waals surface area contributed by atoms with Gasteiger partial charge < -0.3 is 16.0 Å². The molecule has 0 aliphatic carbocycles. The number of benzene rings is 4. The van der Waals surface area contributed by atoms with E-state index in [9.17, 15) is 18.8 Å². The molecule has 0 saturated heterocycles. The molecule has 5 rings (SSSR count). The van der Waals surface area contributed by atoms with Crippen LogP contribution in [0.3, 0.4) is 0 Å². The first-order valence-corrected chi connectivity index (χ1v) is 15.8. The lowest BCUT2D eigenvalue weighted by molar-refractivity contribution is -0.115. The number of halogens is 1. The van der Waals surface area contributed by atoms with Gasteiger partial charge >= 0.3 is 0 Å². The summed E-state index contributed by atoms with van der Waals surface area (Å²) < 4.78 is 13.2. The van der Waals surface area contributed by atoms with E-state index in [0.29, 0.717) is 22.1 Å². The molecule has 226 valence electrons. The van der Waals surface area contributed by atoms with Gasteiger partial charge in [-0.15, -0.1) is 23.1 Å². The minimum atomic E-state index is -0.473. The molecule has 1 heterocycles. The van der Waals surface area contributed by atoms with Gasteiger partial charge in [-0.2, -0.15) is 0 Å². The topological polar surface area (TPSA) is 100 Å². The molecule has 1 aromatic heterocycles. The van der Waals surface area contributed by atoms with E-state index < -0.39 is 17.1 Å². The van der Waals surface area contributed by atoms with Gasteiger partial charge in [0.25, 0.3) is 11.8 Å². The number of amides is 3. The molecule has 0 saturated carbocycles. The molecule has 1 atom stereocenters. The third-order valence-electron chi connectivity index (χ3n) is 6.69. The summed E-state index contributed by atoms with van der Waals surface area (Å²) in [6.07, 6.45) is 1.65. The summed E-state index contributed by atoms with van der Waals surface area (Å²) >= 11 is 2.66. The van der Waals surface area contributed by atoms with Crippen LogP contribution in [0.2, 0.25) is 0 Å². The van der Waals surface area contributed by atoms with Crippen molar-refractivity contribution in [2.75, 3.05) is 10.6 Å². The predicted octanol–water partition coefficient (Wildman–Crippen LogP) is 7.79. The fraction of sp³-hybridized carbons (Fsp3) is 0.0857. The summed E-state index contributed by atoms with van der Waals surface area (Å²) in [5.41, 5.74) is 4.25. The first-order valence-electron chi connectivity index (χ1n) is 14.0. The van der Waals surface area contributed by atoms with Gasteiger partial charge in [0, 0.05) is 27.1 Å². The average Bonchev–Trinajstić information content (AvgIpc) is 3.51. The van der Waals surface area contributed by atoms with Crippen LogP contribution < -0.4 is 16.0 Å². The van der Waals surface area contributed by atoms with Crippen LogP contribution in [-0.4, -0.2) is 28.0 Å². The zero-order valence-corrected chi connectivity index (χ0v) is 26.0. The van der Waals surface area contributed by atoms with E-state index in [2.05, 4.69) is 20.9 Å². The molecule has 3 N–H and O–H groups in total. The van der Waals surface area contributed by atoms with Gasteiger partial charge in [-0.3, -0.25) is 14.4 Å². The van der Waals surface area contributed by atoms with Crippen LogP contribution in [0, 0.1) is 12.7 Å². The van der Waals surface area contributed by atoms with E-state index in [1.807, 2.05) is 54.8 Å². The Morgan fingerprint density at radius 1 is 0.867 bits per heavy atom. The second kappa shape index (κ2) is 14.6. The molecular weight excluding hydrogens is 608 g/mol. The van der Waals surface area contributed by atoms with Crippen molar-refractivity contribution in [1.82, 2.24) is 10.3 Å². The molecule has 1 unspecified atom stereocenters. The number of aryl methyl sites for hydroxylation is 1. The van der Waals surface area contributed by atoms with Gasteiger partial charge in [0.2, 0.25) is 5.91 Å². The van der Waals surface area contributed by atoms with Crippen molar-refractivity contribution in [1.29, 1.82) is 0 Å². The number of thiazole rings is 1. The molecule has 0 radical (unpaired) electrons. The summed E-state index contributed by atoms with van der Waals surface area (Å²) in [6, 6.07) is 29.4. The SMILES string of the molecule is Cc1ccccc1/C=C(\NC(=O)c1ccccc1)C(=O)Nc1ccc(SC(C)C(=O)Nc2nc(-c3ccc(F)cc3)cs2)cc1. The van der Waals surface area contributed by atoms with Crippen molar-refractivity contribution in [3.05, 3.63) is 137 Å². The number of nitrogens with zero attached hydrogens (tertiary/aromatic N) is 1. The Morgan fingerprint density at radius 2 is 1.56 bits per heavy atom. The molecule has 7 nitrogen and oxygen atoms in total. The maximum Gasteiger partial charge on any atom is 0.272 e. The van der Waals surface area contributed by atoms with Gasteiger partial charge in [0.05, 0.1) is 10.9 Å². The molecule has 5 aromatic rings. The van der Waals surface area contributed by atoms with E-state index in [1.165, 1.54) is 35.2 Å². The van der Waals surface area contributed by atoms with Crippen LogP contribution in [-0.2, 0) is 9.59 Å². The van der Waals surface area contributed by atoms with Gasteiger partial charge in [0.15, 0.2) is 5.13 Å². The highest BCUT2D eigenvalue weighted by molar-refractivity contribution is 8.00. The number of nitrogens with one attached hydrogen (secondary N) is 3. The van der Waals surface area contributed by atoms with E-state index in [-0.39, 0.29) is 17.4 Å². The smallest absolute Gasteiger partial charge is 0.272 e. The number of carbonyl (C=O) groups is 3. The van der Waals surface area contributed by atoms with Crippen LogP contribution in [0.25, 0.3) is 17.3 Å². The maximum absolute atomic E-state index is 13.4. The Kier molecular flexibility index (Phi) is 10.2. The highest BCUT2D eigenvalue weighted by atomic mass is 32.2. The number of anilines is 2. The predicted molar refractivity (Wildman–Crippen MR) is 180 cm³/mol. The number of rotatable bonds is 10. The zero-order chi connectivity index (χ0) is 31.8. The Morgan fingerprint density at radius 3 is 2.27 bits per heavy atom. The van der Waals surface area contributed by atoms with Crippen molar-refractivity contribution in [2.24, 2.45) is 0 Å². The van der Waals surface area contributed by atoms with E-state index in [4.69, 9.17) is 0 Å². The quantitative estimate of drug-likeness (QED) is 0.107. The third kappa shape index (κ3) is 8.53. The van der Waals surface area contributed by atoms with Crippen LogP contribution in [0.1, 0.15) is 28.4 Å². The molecule has 3 amide bonds. The minimum Gasteiger partial charge on any atom is -0.321 e. The third-order valence-corrected chi connectivity index (χ3v) is 8.56. The number of carbonyl (C=O) groups excluding carboxylic acids is 3. The van der Waals surface area contributed by atoms with Gasteiger partial charge in [-0.25, -0.2) is 9.37 Å². The van der Waals surface area contributed by atoms with Crippen molar-refractivity contribution in [3.8, 4) is 11.3 Å². The fourth-order valence-corrected chi connectivity index (χ4v) is 5.80. The summed E-state index contributed by atoms with van der Waals surface area (Å²) in [6.45, 7) is 3.72. The van der Waals surface area contributed by atoms with Crippen molar-refractivity contribution in [3.63, 3.8) is 0 Å². The second-order valence-electron chi connectivity index (χ2n) is 10.0. The first-order chi connectivity index (χ1) is 21.7. The highest BCUT2D eigenvalue weighted by Crippen LogP contribution is 2.28. The highest BCUT2D eigenvalue weighted by Gasteiger charge is 2.18. The van der Waals surface area contributed by atoms with E-state index >= 15 is 0 Å². The van der Waals surface area contributed by atoms with Crippen LogP contribution in [0.15, 0.2) is 119 Å². The maximum atomic E-state index is 13.4. The van der Waals surface area contributed by atoms with Crippen molar-refractivity contribution < 1.29 is 18.8 Å². The number of hydrogen-bond donors (Lipinski definition) is 3. The Labute approximate surface area is 268 Å². The number of thioether (sulfide) groups is 1. The molecule has 10 heteroatoms. The summed E-state index contributed by atoms with van der Waals surface area (Å²) in [5, 5.41) is 10.3. The molecule has 4 aromatic carbocycles. The molecular formula is C35H29FN4O3S2. The normalized spacial score (nSPS) is 11.8. The molecule has 0 bridgehead atoms. The summed E-state index contributed by atoms with van der Waals surface area (Å²) in [7, 11) is 0. The van der Waals surface area contributed by atoms with Crippen LogP contribution >= 0.6 is 23.1 Å². The average molecular weight is 637 g/mol. The Hall–Kier alpha value is -5.06. The second-order valence-corrected chi connectivity index (χ2v) is 12.3. The molecule has 0 aliphatic heterocycles. The number of aromatic nitrogens is 1. The largest absolute Gasteiger partial charge is 0.321 e. The van der Waals surface area contributed by atoms with Gasteiger partial charge in [-0.05, 0) is 91.7 Å². The lowest BCUT2D eigenvalue weighted by Crippen LogP contribution is -2.30. The van der Waals surface area contributed by atoms with Crippen LogP contribution in [0.5, 0.6) is 0 Å². The van der Waals surface area contributed by atoms with Gasteiger partial charge in [0.1, 0.15) is 11.5 Å². The lowest BCUT2D eigenvalue weighted by Gasteiger charge is -2.13. The summed E-state index contributed by atoms with van der Waals surface area (Å²) in [5.74, 6) is -1.40. The molecule has 45 heavy (non-hydrogen) atoms. The van der Waals surface area contributed by atoms with Crippen molar-refractivity contribution >= 4 is 57.7 Å². The minimum absolute atomic E-state index is 0.103. The van der Waals surface area contributed by atoms with Crippen molar-refractivity contribution in [2.45, 2.75) is 24.0 Å². The number of hydrogen-bond acceptors (Lipinski definition) is 6. The molecule has 0 fully saturated rings. The van der Waals surface area contributed by atoms with Crippen LogP contribution in [0.4, 0.5) is 15.2 Å². The Bertz CT molecular complexity index is 1840. The molecule has 0 aliphatic rings. The van der Waals surface area contributed by atoms with E-state index in [0.717, 1.165) is 21.6 Å². The van der Waals surface area contributed by atoms with E-state index in [1.54, 1.807) is 61.5 Å². The monoisotopic (exact) mass is 636 g/mol. The first kappa shape index (κ1) is 31.4. The zero-order valence-electron chi connectivity index (χ0n) is 24.4. The fourth-order valence-electron chi connectivity index (χ4n) is 4.21. The Balaban J connectivity index is 1.21. The van der Waals surface area contributed by atoms with Gasteiger partial charge in [-0.1, -0.05) is 42.5 Å². The summed E-state index contributed by atoms with van der Waals surface area (Å²) in [4.78, 5) is 44.4. The lowest BCUT2D eigenvalue weighted by atomic mass is 10.1. The molecule has 0 spiro atoms.